The van der Waals surface area contributed by atoms with Crippen LogP contribution in [0.4, 0.5) is 5.69 Å². The predicted molar refractivity (Wildman–Crippen MR) is 130 cm³/mol. The number of nitrogens with one attached hydrogen (secondary N) is 1. The highest BCUT2D eigenvalue weighted by Gasteiger charge is 2.34. The van der Waals surface area contributed by atoms with E-state index in [1.807, 2.05) is 0 Å². The van der Waals surface area contributed by atoms with Crippen LogP contribution in [0.3, 0.4) is 0 Å². The molecule has 0 spiro atoms. The summed E-state index contributed by atoms with van der Waals surface area (Å²) in [5, 5.41) is 2.79. The van der Waals surface area contributed by atoms with Crippen LogP contribution in [0.2, 0.25) is 0 Å². The van der Waals surface area contributed by atoms with Crippen LogP contribution in [0.5, 0.6) is 0 Å². The number of carbonyl (C=O) groups excluding carboxylic acids is 4. The van der Waals surface area contributed by atoms with Crippen molar-refractivity contribution in [3.63, 3.8) is 0 Å². The average molecular weight is 465 g/mol. The molecular weight excluding hydrogens is 432 g/mol. The first-order chi connectivity index (χ1) is 16.5. The van der Waals surface area contributed by atoms with Gasteiger partial charge in [0.25, 0.3) is 11.8 Å². The molecule has 3 amide bonds. The lowest BCUT2D eigenvalue weighted by atomic mass is 10.1. The summed E-state index contributed by atoms with van der Waals surface area (Å²) in [4.78, 5) is 50.0. The number of benzene rings is 2. The largest absolute Gasteiger partial charge is 0.465 e. The highest BCUT2D eigenvalue weighted by atomic mass is 16.5. The Balaban J connectivity index is 1.22. The number of amides is 3. The number of carbonyl (C=O) groups is 4. The third kappa shape index (κ3) is 6.53. The van der Waals surface area contributed by atoms with Gasteiger partial charge in [0, 0.05) is 13.0 Å². The average Bonchev–Trinajstić information content (AvgIpc) is 3.10. The van der Waals surface area contributed by atoms with E-state index in [-0.39, 0.29) is 17.7 Å². The molecule has 7 nitrogen and oxygen atoms in total. The summed E-state index contributed by atoms with van der Waals surface area (Å²) < 4.78 is 4.75. The normalized spacial score (nSPS) is 12.6. The summed E-state index contributed by atoms with van der Waals surface area (Å²) in [6.07, 6.45) is 8.30. The van der Waals surface area contributed by atoms with Crippen molar-refractivity contribution in [3.8, 4) is 0 Å². The van der Waals surface area contributed by atoms with E-state index in [0.29, 0.717) is 35.3 Å². The second kappa shape index (κ2) is 12.7. The third-order valence-electron chi connectivity index (χ3n) is 6.02. The number of imide groups is 1. The van der Waals surface area contributed by atoms with Crippen molar-refractivity contribution in [2.24, 2.45) is 0 Å². The van der Waals surface area contributed by atoms with Gasteiger partial charge in [0.15, 0.2) is 0 Å². The second-order valence-corrected chi connectivity index (χ2v) is 8.47. The highest BCUT2D eigenvalue weighted by molar-refractivity contribution is 6.21. The first kappa shape index (κ1) is 25.1. The van der Waals surface area contributed by atoms with E-state index in [0.717, 1.165) is 51.4 Å². The van der Waals surface area contributed by atoms with Gasteiger partial charge in [-0.1, -0.05) is 62.8 Å². The van der Waals surface area contributed by atoms with Gasteiger partial charge in [-0.25, -0.2) is 4.79 Å². The number of hydrogen-bond acceptors (Lipinski definition) is 5. The number of hydrogen-bond donors (Lipinski definition) is 1. The first-order valence-corrected chi connectivity index (χ1v) is 12.0. The molecule has 180 valence electrons. The molecule has 0 bridgehead atoms. The minimum Gasteiger partial charge on any atom is -0.465 e. The quantitative estimate of drug-likeness (QED) is 0.249. The minimum atomic E-state index is -0.473. The van der Waals surface area contributed by atoms with Crippen LogP contribution in [0.15, 0.2) is 48.5 Å². The molecular formula is C27H32N2O5. The highest BCUT2D eigenvalue weighted by Crippen LogP contribution is 2.23. The SMILES string of the molecule is COC(=O)c1ccccc1NC(=O)CCCCCCCCCCN1C(=O)c2ccccc2C1=O. The molecule has 1 aliphatic rings. The lowest BCUT2D eigenvalue weighted by molar-refractivity contribution is -0.116. The fraction of sp³-hybridized carbons (Fsp3) is 0.407. The van der Waals surface area contributed by atoms with Crippen molar-refractivity contribution in [3.05, 3.63) is 65.2 Å². The number of unbranched alkanes of at least 4 members (excludes halogenated alkanes) is 7. The molecule has 0 saturated heterocycles. The molecule has 0 aliphatic carbocycles. The molecule has 0 aromatic heterocycles. The number of nitrogens with zero attached hydrogens (tertiary/aromatic N) is 1. The molecule has 34 heavy (non-hydrogen) atoms. The standard InChI is InChI=1S/C27H32N2O5/c1-34-27(33)22-16-11-12-17-23(22)28-24(30)18-8-6-4-2-3-5-7-13-19-29-25(31)20-14-9-10-15-21(20)26(29)32/h9-12,14-17H,2-8,13,18-19H2,1H3,(H,28,30). The molecule has 2 aromatic carbocycles. The zero-order valence-electron chi connectivity index (χ0n) is 19.7. The Morgan fingerprint density at radius 2 is 1.29 bits per heavy atom. The Morgan fingerprint density at radius 3 is 1.91 bits per heavy atom. The summed E-state index contributed by atoms with van der Waals surface area (Å²) in [5.74, 6) is -0.944. The van der Waals surface area contributed by atoms with Crippen molar-refractivity contribution in [1.29, 1.82) is 0 Å². The molecule has 0 fully saturated rings. The Morgan fingerprint density at radius 1 is 0.765 bits per heavy atom. The second-order valence-electron chi connectivity index (χ2n) is 8.47. The number of para-hydroxylation sites is 1. The molecule has 1 heterocycles. The molecule has 0 radical (unpaired) electrons. The van der Waals surface area contributed by atoms with E-state index < -0.39 is 5.97 Å². The molecule has 0 atom stereocenters. The lowest BCUT2D eigenvalue weighted by Gasteiger charge is -2.13. The van der Waals surface area contributed by atoms with Crippen LogP contribution >= 0.6 is 0 Å². The Kier molecular flexibility index (Phi) is 9.38. The van der Waals surface area contributed by atoms with E-state index in [4.69, 9.17) is 4.74 Å². The molecule has 3 rings (SSSR count). The zero-order chi connectivity index (χ0) is 24.3. The van der Waals surface area contributed by atoms with Crippen molar-refractivity contribution < 1.29 is 23.9 Å². The topological polar surface area (TPSA) is 92.8 Å². The van der Waals surface area contributed by atoms with Gasteiger partial charge >= 0.3 is 5.97 Å². The first-order valence-electron chi connectivity index (χ1n) is 12.0. The fourth-order valence-corrected chi connectivity index (χ4v) is 4.15. The van der Waals surface area contributed by atoms with Crippen LogP contribution in [-0.2, 0) is 9.53 Å². The Hall–Kier alpha value is -3.48. The number of ether oxygens (including phenoxy) is 1. The van der Waals surface area contributed by atoms with Crippen LogP contribution in [0, 0.1) is 0 Å². The number of methoxy groups -OCH3 is 1. The Labute approximate surface area is 200 Å². The zero-order valence-corrected chi connectivity index (χ0v) is 19.7. The summed E-state index contributed by atoms with van der Waals surface area (Å²) in [6.45, 7) is 0.473. The van der Waals surface area contributed by atoms with Crippen molar-refractivity contribution in [2.45, 2.75) is 57.8 Å². The smallest absolute Gasteiger partial charge is 0.339 e. The van der Waals surface area contributed by atoms with Crippen LogP contribution in [-0.4, -0.2) is 42.2 Å². The van der Waals surface area contributed by atoms with Gasteiger partial charge in [0.05, 0.1) is 29.5 Å². The summed E-state index contributed by atoms with van der Waals surface area (Å²) in [7, 11) is 1.32. The van der Waals surface area contributed by atoms with Crippen LogP contribution in [0.1, 0.15) is 88.9 Å². The summed E-state index contributed by atoms with van der Waals surface area (Å²) in [6, 6.07) is 13.8. The maximum absolute atomic E-state index is 12.3. The van der Waals surface area contributed by atoms with Crippen LogP contribution in [0.25, 0.3) is 0 Å². The van der Waals surface area contributed by atoms with Gasteiger partial charge in [-0.15, -0.1) is 0 Å². The van der Waals surface area contributed by atoms with Gasteiger partial charge < -0.3 is 10.1 Å². The number of fused-ring (bicyclic) bond motifs is 1. The maximum Gasteiger partial charge on any atom is 0.339 e. The van der Waals surface area contributed by atoms with Crippen molar-refractivity contribution in [2.75, 3.05) is 19.0 Å². The predicted octanol–water partition coefficient (Wildman–Crippen LogP) is 5.22. The molecule has 0 unspecified atom stereocenters. The molecule has 1 aliphatic heterocycles. The summed E-state index contributed by atoms with van der Waals surface area (Å²) in [5.41, 5.74) is 1.84. The number of anilines is 1. The van der Waals surface area contributed by atoms with Gasteiger partial charge in [0.2, 0.25) is 5.91 Å². The molecule has 2 aromatic rings. The van der Waals surface area contributed by atoms with E-state index in [1.165, 1.54) is 12.0 Å². The lowest BCUT2D eigenvalue weighted by Crippen LogP contribution is -2.30. The maximum atomic E-state index is 12.3. The monoisotopic (exact) mass is 464 g/mol. The van der Waals surface area contributed by atoms with E-state index in [2.05, 4.69) is 5.32 Å². The number of esters is 1. The summed E-state index contributed by atoms with van der Waals surface area (Å²) >= 11 is 0. The van der Waals surface area contributed by atoms with Gasteiger partial charge in [0.1, 0.15) is 0 Å². The van der Waals surface area contributed by atoms with Crippen molar-refractivity contribution in [1.82, 2.24) is 4.90 Å². The van der Waals surface area contributed by atoms with Crippen LogP contribution < -0.4 is 5.32 Å². The van der Waals surface area contributed by atoms with Gasteiger partial charge in [-0.05, 0) is 37.1 Å². The van der Waals surface area contributed by atoms with Crippen molar-refractivity contribution >= 4 is 29.4 Å². The third-order valence-corrected chi connectivity index (χ3v) is 6.02. The van der Waals surface area contributed by atoms with E-state index in [1.54, 1.807) is 48.5 Å². The van der Waals surface area contributed by atoms with Gasteiger partial charge in [-0.3, -0.25) is 19.3 Å². The van der Waals surface area contributed by atoms with E-state index >= 15 is 0 Å². The molecule has 7 heteroatoms. The fourth-order valence-electron chi connectivity index (χ4n) is 4.15. The van der Waals surface area contributed by atoms with Gasteiger partial charge in [-0.2, -0.15) is 0 Å². The van der Waals surface area contributed by atoms with E-state index in [9.17, 15) is 19.2 Å². The minimum absolute atomic E-state index is 0.107. The number of rotatable bonds is 13. The Bertz CT molecular complexity index is 998. The molecule has 1 N–H and O–H groups in total. The molecule has 0 saturated carbocycles.